The first-order valence-corrected chi connectivity index (χ1v) is 6.62. The molecule has 0 aromatic rings. The van der Waals surface area contributed by atoms with E-state index in [1.54, 1.807) is 0 Å². The van der Waals surface area contributed by atoms with Gasteiger partial charge >= 0.3 is 5.97 Å². The van der Waals surface area contributed by atoms with E-state index < -0.39 is 0 Å². The number of fused-ring (bicyclic) bond motifs is 1. The molecule has 0 N–H and O–H groups in total. The highest BCUT2D eigenvalue weighted by Gasteiger charge is 2.18. The first-order chi connectivity index (χ1) is 8.69. The maximum atomic E-state index is 11.6. The smallest absolute Gasteiger partial charge is 0.309 e. The Morgan fingerprint density at radius 1 is 1.33 bits per heavy atom. The molecule has 18 heavy (non-hydrogen) atoms. The zero-order chi connectivity index (χ0) is 13.0. The molecule has 0 heterocycles. The van der Waals surface area contributed by atoms with Crippen molar-refractivity contribution in [3.63, 3.8) is 0 Å². The predicted molar refractivity (Wildman–Crippen MR) is 73.1 cm³/mol. The van der Waals surface area contributed by atoms with Gasteiger partial charge in [-0.3, -0.25) is 4.79 Å². The lowest BCUT2D eigenvalue weighted by Gasteiger charge is -2.03. The minimum atomic E-state index is -0.104. The van der Waals surface area contributed by atoms with Crippen molar-refractivity contribution < 1.29 is 9.53 Å². The van der Waals surface area contributed by atoms with Crippen LogP contribution in [0, 0.1) is 0 Å². The van der Waals surface area contributed by atoms with Crippen LogP contribution in [-0.2, 0) is 9.53 Å². The third kappa shape index (κ3) is 3.22. The standard InChI is InChI=1S/C16H20O2/c1-3-7-18-16(17)11-13-9-14-6-4-5-12(2)8-15(14)10-13/h5-6,8,10H,3-4,7,9,11H2,1-2H3. The van der Waals surface area contributed by atoms with Crippen LogP contribution in [0.2, 0.25) is 0 Å². The predicted octanol–water partition coefficient (Wildman–Crippen LogP) is 3.86. The summed E-state index contributed by atoms with van der Waals surface area (Å²) >= 11 is 0. The van der Waals surface area contributed by atoms with E-state index in [0.29, 0.717) is 13.0 Å². The lowest BCUT2D eigenvalue weighted by atomic mass is 10.1. The molecule has 2 aliphatic carbocycles. The Bertz CT molecular complexity index is 461. The van der Waals surface area contributed by atoms with E-state index in [1.807, 2.05) is 6.92 Å². The van der Waals surface area contributed by atoms with Crippen molar-refractivity contribution in [1.82, 2.24) is 0 Å². The van der Waals surface area contributed by atoms with Gasteiger partial charge < -0.3 is 4.74 Å². The molecule has 0 atom stereocenters. The molecule has 0 bridgehead atoms. The minimum Gasteiger partial charge on any atom is -0.465 e. The highest BCUT2D eigenvalue weighted by Crippen LogP contribution is 2.34. The zero-order valence-corrected chi connectivity index (χ0v) is 11.2. The molecule has 0 radical (unpaired) electrons. The number of allylic oxidation sites excluding steroid dienone is 7. The normalized spacial score (nSPS) is 18.1. The maximum absolute atomic E-state index is 11.6. The second kappa shape index (κ2) is 5.85. The number of hydrogen-bond donors (Lipinski definition) is 0. The van der Waals surface area contributed by atoms with Gasteiger partial charge in [0.15, 0.2) is 0 Å². The van der Waals surface area contributed by atoms with Gasteiger partial charge in [0.25, 0.3) is 0 Å². The van der Waals surface area contributed by atoms with E-state index in [-0.39, 0.29) is 5.97 Å². The highest BCUT2D eigenvalue weighted by atomic mass is 16.5. The van der Waals surface area contributed by atoms with Crippen molar-refractivity contribution in [3.05, 3.63) is 46.6 Å². The Morgan fingerprint density at radius 2 is 2.17 bits per heavy atom. The molecule has 2 nitrogen and oxygen atoms in total. The molecule has 0 unspecified atom stereocenters. The van der Waals surface area contributed by atoms with Gasteiger partial charge in [-0.05, 0) is 37.3 Å². The summed E-state index contributed by atoms with van der Waals surface area (Å²) < 4.78 is 5.12. The molecule has 96 valence electrons. The van der Waals surface area contributed by atoms with Gasteiger partial charge in [-0.25, -0.2) is 0 Å². The Hall–Kier alpha value is -1.57. The number of carbonyl (C=O) groups excluding carboxylic acids is 1. The summed E-state index contributed by atoms with van der Waals surface area (Å²) in [6.07, 6.45) is 12.0. The van der Waals surface area contributed by atoms with Crippen LogP contribution in [0.25, 0.3) is 0 Å². The summed E-state index contributed by atoms with van der Waals surface area (Å²) in [5.41, 5.74) is 5.08. The van der Waals surface area contributed by atoms with Crippen LogP contribution in [0.5, 0.6) is 0 Å². The fourth-order valence-electron chi connectivity index (χ4n) is 2.29. The van der Waals surface area contributed by atoms with Crippen molar-refractivity contribution >= 4 is 5.97 Å². The fourth-order valence-corrected chi connectivity index (χ4v) is 2.29. The highest BCUT2D eigenvalue weighted by molar-refractivity contribution is 5.74. The summed E-state index contributed by atoms with van der Waals surface area (Å²) in [4.78, 5) is 11.6. The average Bonchev–Trinajstić information content (AvgIpc) is 2.60. The summed E-state index contributed by atoms with van der Waals surface area (Å²) in [5.74, 6) is -0.104. The second-order valence-electron chi connectivity index (χ2n) is 4.89. The van der Waals surface area contributed by atoms with E-state index in [4.69, 9.17) is 4.74 Å². The van der Waals surface area contributed by atoms with Crippen LogP contribution in [0.4, 0.5) is 0 Å². The van der Waals surface area contributed by atoms with Crippen molar-refractivity contribution in [2.45, 2.75) is 39.5 Å². The Kier molecular flexibility index (Phi) is 4.19. The van der Waals surface area contributed by atoms with Crippen LogP contribution in [-0.4, -0.2) is 12.6 Å². The van der Waals surface area contributed by atoms with Crippen molar-refractivity contribution in [1.29, 1.82) is 0 Å². The van der Waals surface area contributed by atoms with E-state index in [1.165, 1.54) is 22.3 Å². The van der Waals surface area contributed by atoms with E-state index in [9.17, 15) is 4.79 Å². The summed E-state index contributed by atoms with van der Waals surface area (Å²) in [5, 5.41) is 0. The first-order valence-electron chi connectivity index (χ1n) is 6.62. The molecule has 2 aliphatic rings. The largest absolute Gasteiger partial charge is 0.465 e. The summed E-state index contributed by atoms with van der Waals surface area (Å²) in [6.45, 7) is 4.65. The molecule has 0 amide bonds. The topological polar surface area (TPSA) is 26.3 Å². The third-order valence-corrected chi connectivity index (χ3v) is 3.17. The van der Waals surface area contributed by atoms with Gasteiger partial charge in [0.1, 0.15) is 0 Å². The maximum Gasteiger partial charge on any atom is 0.309 e. The molecule has 0 fully saturated rings. The van der Waals surface area contributed by atoms with Crippen LogP contribution in [0.15, 0.2) is 46.6 Å². The average molecular weight is 244 g/mol. The van der Waals surface area contributed by atoms with Gasteiger partial charge in [0.2, 0.25) is 0 Å². The number of ether oxygens (including phenoxy) is 1. The van der Waals surface area contributed by atoms with Crippen molar-refractivity contribution in [3.8, 4) is 0 Å². The molecule has 0 saturated carbocycles. The van der Waals surface area contributed by atoms with E-state index >= 15 is 0 Å². The molecular formula is C16H20O2. The Morgan fingerprint density at radius 3 is 2.94 bits per heavy atom. The number of esters is 1. The van der Waals surface area contributed by atoms with Crippen LogP contribution in [0.3, 0.4) is 0 Å². The molecule has 2 heteroatoms. The number of hydrogen-bond acceptors (Lipinski definition) is 2. The van der Waals surface area contributed by atoms with Gasteiger partial charge in [-0.15, -0.1) is 0 Å². The van der Waals surface area contributed by atoms with Crippen molar-refractivity contribution in [2.75, 3.05) is 6.61 Å². The van der Waals surface area contributed by atoms with Gasteiger partial charge in [-0.2, -0.15) is 0 Å². The molecule has 0 spiro atoms. The van der Waals surface area contributed by atoms with Crippen LogP contribution in [0.1, 0.15) is 39.5 Å². The monoisotopic (exact) mass is 244 g/mol. The van der Waals surface area contributed by atoms with Crippen LogP contribution >= 0.6 is 0 Å². The molecule has 0 saturated heterocycles. The quantitative estimate of drug-likeness (QED) is 0.702. The zero-order valence-electron chi connectivity index (χ0n) is 11.2. The summed E-state index contributed by atoms with van der Waals surface area (Å²) in [6, 6.07) is 0. The van der Waals surface area contributed by atoms with Gasteiger partial charge in [0.05, 0.1) is 13.0 Å². The van der Waals surface area contributed by atoms with Gasteiger partial charge in [-0.1, -0.05) is 42.4 Å². The SMILES string of the molecule is CCCOC(=O)CC1=CC2=CC(C)=CCC=C2C1. The van der Waals surface area contributed by atoms with E-state index in [2.05, 4.69) is 31.2 Å². The Labute approximate surface area is 109 Å². The van der Waals surface area contributed by atoms with Crippen molar-refractivity contribution in [2.24, 2.45) is 0 Å². The number of carbonyl (C=O) groups is 1. The summed E-state index contributed by atoms with van der Waals surface area (Å²) in [7, 11) is 0. The number of rotatable bonds is 4. The fraction of sp³-hybridized carbons (Fsp3) is 0.438. The lowest BCUT2D eigenvalue weighted by Crippen LogP contribution is -2.05. The minimum absolute atomic E-state index is 0.104. The molecule has 0 aromatic heterocycles. The van der Waals surface area contributed by atoms with Crippen LogP contribution < -0.4 is 0 Å². The third-order valence-electron chi connectivity index (χ3n) is 3.17. The van der Waals surface area contributed by atoms with E-state index in [0.717, 1.165) is 19.3 Å². The Balaban J connectivity index is 2.01. The van der Waals surface area contributed by atoms with Gasteiger partial charge in [0, 0.05) is 0 Å². The lowest BCUT2D eigenvalue weighted by molar-refractivity contribution is -0.142. The molecule has 2 rings (SSSR count). The molecule has 0 aromatic carbocycles. The molecule has 0 aliphatic heterocycles. The first kappa shape index (κ1) is 12.9. The second-order valence-corrected chi connectivity index (χ2v) is 4.89. The molecular weight excluding hydrogens is 224 g/mol.